The first-order chi connectivity index (χ1) is 11.8. The SMILES string of the molecule is CS(=O)(=O)Nc1ccc(F)[c-]c1F.CS(=O)(=O)Nc1ccc(F)[c-]c1F.[Ti+2]. The minimum Gasteiger partial charge on any atom is -0.334 e. The van der Waals surface area contributed by atoms with Crippen LogP contribution in [0.3, 0.4) is 0 Å². The van der Waals surface area contributed by atoms with Crippen molar-refractivity contribution in [2.45, 2.75) is 0 Å². The summed E-state index contributed by atoms with van der Waals surface area (Å²) in [4.78, 5) is 0. The Morgan fingerprint density at radius 1 is 0.704 bits per heavy atom. The van der Waals surface area contributed by atoms with Crippen LogP contribution in [0.2, 0.25) is 0 Å². The molecule has 27 heavy (non-hydrogen) atoms. The molecule has 0 saturated heterocycles. The summed E-state index contributed by atoms with van der Waals surface area (Å²) < 4.78 is 96.5. The van der Waals surface area contributed by atoms with E-state index in [2.05, 4.69) is 0 Å². The standard InChI is InChI=1S/2C7H6F2NO2S.Ti/c2*1-13(11,12)10-7-3-2-5(8)4-6(7)9;/h2*2-3,10H,1H3;/q2*-1;+2. The molecule has 6 nitrogen and oxygen atoms in total. The fourth-order valence-electron chi connectivity index (χ4n) is 1.44. The van der Waals surface area contributed by atoms with Crippen molar-refractivity contribution in [3.05, 3.63) is 59.7 Å². The number of hydrogen-bond acceptors (Lipinski definition) is 4. The molecule has 2 aromatic carbocycles. The summed E-state index contributed by atoms with van der Waals surface area (Å²) in [7, 11) is -7.09. The Kier molecular flexibility index (Phi) is 9.46. The van der Waals surface area contributed by atoms with E-state index in [1.807, 2.05) is 9.44 Å². The molecule has 2 rings (SSSR count). The van der Waals surface area contributed by atoms with Crippen LogP contribution >= 0.6 is 0 Å². The number of anilines is 2. The van der Waals surface area contributed by atoms with Crippen molar-refractivity contribution in [3.63, 3.8) is 0 Å². The third-order valence-electron chi connectivity index (χ3n) is 2.31. The molecule has 2 N–H and O–H groups in total. The first-order valence-electron chi connectivity index (χ1n) is 6.47. The molecule has 0 aliphatic rings. The van der Waals surface area contributed by atoms with Gasteiger partial charge in [-0.3, -0.25) is 0 Å². The molecule has 0 radical (unpaired) electrons. The van der Waals surface area contributed by atoms with Gasteiger partial charge in [-0.2, -0.15) is 0 Å². The Morgan fingerprint density at radius 2 is 1.00 bits per heavy atom. The normalized spacial score (nSPS) is 10.9. The van der Waals surface area contributed by atoms with Gasteiger partial charge in [-0.1, -0.05) is 0 Å². The molecule has 0 amide bonds. The van der Waals surface area contributed by atoms with Crippen molar-refractivity contribution < 1.29 is 56.1 Å². The van der Waals surface area contributed by atoms with Crippen molar-refractivity contribution >= 4 is 31.4 Å². The van der Waals surface area contributed by atoms with Gasteiger partial charge < -0.3 is 9.44 Å². The number of sulfonamides is 2. The van der Waals surface area contributed by atoms with E-state index in [4.69, 9.17) is 0 Å². The molecule has 0 atom stereocenters. The molecule has 0 unspecified atom stereocenters. The molecule has 0 spiro atoms. The first kappa shape index (κ1) is 25.4. The van der Waals surface area contributed by atoms with Crippen LogP contribution in [-0.4, -0.2) is 29.3 Å². The van der Waals surface area contributed by atoms with Crippen LogP contribution < -0.4 is 9.44 Å². The van der Waals surface area contributed by atoms with Crippen LogP contribution in [0, 0.1) is 35.4 Å². The second kappa shape index (κ2) is 10.1. The van der Waals surface area contributed by atoms with Gasteiger partial charge in [0.1, 0.15) is 0 Å². The van der Waals surface area contributed by atoms with E-state index in [1.165, 1.54) is 0 Å². The zero-order chi connectivity index (χ0) is 20.1. The van der Waals surface area contributed by atoms with Gasteiger partial charge in [-0.25, -0.2) is 34.4 Å². The molecule has 0 aliphatic heterocycles. The van der Waals surface area contributed by atoms with E-state index in [9.17, 15) is 34.4 Å². The number of benzene rings is 2. The summed E-state index contributed by atoms with van der Waals surface area (Å²) in [5, 5.41) is 0. The molecule has 2 aromatic rings. The van der Waals surface area contributed by atoms with E-state index in [0.717, 1.165) is 36.8 Å². The van der Waals surface area contributed by atoms with E-state index in [-0.39, 0.29) is 33.1 Å². The fourth-order valence-corrected chi connectivity index (χ4v) is 2.56. The minimum atomic E-state index is -3.54. The van der Waals surface area contributed by atoms with Gasteiger partial charge in [0.25, 0.3) is 0 Å². The van der Waals surface area contributed by atoms with Crippen molar-refractivity contribution in [2.75, 3.05) is 22.0 Å². The molecule has 0 fully saturated rings. The zero-order valence-electron chi connectivity index (χ0n) is 13.8. The number of halogens is 4. The van der Waals surface area contributed by atoms with E-state index >= 15 is 0 Å². The van der Waals surface area contributed by atoms with Crippen molar-refractivity contribution in [2.24, 2.45) is 0 Å². The topological polar surface area (TPSA) is 92.3 Å². The van der Waals surface area contributed by atoms with E-state index in [0.29, 0.717) is 0 Å². The third kappa shape index (κ3) is 10.3. The Labute approximate surface area is 169 Å². The van der Waals surface area contributed by atoms with Gasteiger partial charge in [0.2, 0.25) is 20.0 Å². The van der Waals surface area contributed by atoms with E-state index < -0.39 is 43.3 Å². The molecular weight excluding hydrogens is 448 g/mol. The Balaban J connectivity index is 0.000000483. The largest absolute Gasteiger partial charge is 2.00 e. The maximum atomic E-state index is 12.8. The first-order valence-corrected chi connectivity index (χ1v) is 10.3. The maximum Gasteiger partial charge on any atom is 2.00 e. The molecular formula is C14H12F4N2O4S2Ti. The second-order valence-corrected chi connectivity index (χ2v) is 8.31. The molecule has 0 aromatic heterocycles. The quantitative estimate of drug-likeness (QED) is 0.416. The molecule has 0 aliphatic carbocycles. The van der Waals surface area contributed by atoms with Gasteiger partial charge in [0.05, 0.1) is 12.5 Å². The molecule has 0 bridgehead atoms. The maximum absolute atomic E-state index is 12.8. The Bertz CT molecular complexity index is 921. The van der Waals surface area contributed by atoms with Crippen molar-refractivity contribution in [3.8, 4) is 0 Å². The summed E-state index contributed by atoms with van der Waals surface area (Å²) >= 11 is 0. The smallest absolute Gasteiger partial charge is 0.334 e. The Hall–Kier alpha value is -1.63. The zero-order valence-corrected chi connectivity index (χ0v) is 17.0. The molecule has 0 heterocycles. The van der Waals surface area contributed by atoms with Crippen LogP contribution in [0.1, 0.15) is 0 Å². The van der Waals surface area contributed by atoms with Gasteiger partial charge in [0.15, 0.2) is 0 Å². The monoisotopic (exact) mass is 460 g/mol. The summed E-state index contributed by atoms with van der Waals surface area (Å²) in [6, 6.07) is 7.21. The van der Waals surface area contributed by atoms with Crippen LogP contribution in [0.15, 0.2) is 24.3 Å². The van der Waals surface area contributed by atoms with Gasteiger partial charge in [0, 0.05) is 23.3 Å². The van der Waals surface area contributed by atoms with E-state index in [1.54, 1.807) is 12.1 Å². The average molecular weight is 460 g/mol. The van der Waals surface area contributed by atoms with Gasteiger partial charge >= 0.3 is 21.7 Å². The molecule has 13 heteroatoms. The summed E-state index contributed by atoms with van der Waals surface area (Å²) in [6.45, 7) is 0. The van der Waals surface area contributed by atoms with Gasteiger partial charge in [-0.05, 0) is 11.4 Å². The van der Waals surface area contributed by atoms with Crippen molar-refractivity contribution in [1.29, 1.82) is 0 Å². The number of rotatable bonds is 4. The number of hydrogen-bond donors (Lipinski definition) is 2. The van der Waals surface area contributed by atoms with Crippen LogP contribution in [0.5, 0.6) is 0 Å². The van der Waals surface area contributed by atoms with Crippen molar-refractivity contribution in [1.82, 2.24) is 0 Å². The van der Waals surface area contributed by atoms with Crippen LogP contribution in [0.25, 0.3) is 0 Å². The predicted octanol–water partition coefficient (Wildman–Crippen LogP) is 2.27. The molecule has 146 valence electrons. The van der Waals surface area contributed by atoms with Crippen LogP contribution in [0.4, 0.5) is 28.9 Å². The minimum absolute atomic E-state index is 0. The summed E-state index contributed by atoms with van der Waals surface area (Å²) in [5.41, 5.74) is -0.632. The van der Waals surface area contributed by atoms with Gasteiger partial charge in [-0.15, -0.1) is 36.4 Å². The Morgan fingerprint density at radius 3 is 1.22 bits per heavy atom. The second-order valence-electron chi connectivity index (χ2n) is 4.82. The number of nitrogens with one attached hydrogen (secondary N) is 2. The molecule has 0 saturated carbocycles. The fraction of sp³-hybridized carbons (Fsp3) is 0.143. The average Bonchev–Trinajstić information content (AvgIpc) is 2.43. The summed E-state index contributed by atoms with van der Waals surface area (Å²) in [6.07, 6.45) is 1.74. The third-order valence-corrected chi connectivity index (χ3v) is 3.50. The summed E-state index contributed by atoms with van der Waals surface area (Å²) in [5.74, 6) is -3.89. The van der Waals surface area contributed by atoms with Crippen LogP contribution in [-0.2, 0) is 41.8 Å². The predicted molar refractivity (Wildman–Crippen MR) is 87.3 cm³/mol.